The Labute approximate surface area is 93.5 Å². The molecule has 0 aliphatic heterocycles. The highest BCUT2D eigenvalue weighted by Gasteiger charge is 2.09. The maximum Gasteiger partial charge on any atom is 0.305 e. The second-order valence-corrected chi connectivity index (χ2v) is 3.92. The summed E-state index contributed by atoms with van der Waals surface area (Å²) in [4.78, 5) is 10.6. The lowest BCUT2D eigenvalue weighted by atomic mass is 10.1. The van der Waals surface area contributed by atoms with E-state index in [9.17, 15) is 4.79 Å². The maximum absolute atomic E-state index is 10.6. The zero-order chi connectivity index (χ0) is 11.7. The van der Waals surface area contributed by atoms with Crippen LogP contribution in [0, 0.1) is 13.8 Å². The predicted molar refractivity (Wildman–Crippen MR) is 61.5 cm³/mol. The van der Waals surface area contributed by atoms with Gasteiger partial charge in [-0.05, 0) is 19.4 Å². The molecular weight excluding hydrogens is 204 g/mol. The molecule has 0 aliphatic rings. The molecule has 4 heteroatoms. The summed E-state index contributed by atoms with van der Waals surface area (Å²) >= 11 is 0. The van der Waals surface area contributed by atoms with Gasteiger partial charge in [-0.25, -0.2) is 0 Å². The van der Waals surface area contributed by atoms with Crippen LogP contribution in [0.25, 0.3) is 10.9 Å². The molecule has 0 fully saturated rings. The number of aryl methyl sites for hydroxylation is 3. The number of hydrogen-bond donors (Lipinski definition) is 1. The molecular formula is C12H14N2O2. The highest BCUT2D eigenvalue weighted by atomic mass is 16.4. The zero-order valence-electron chi connectivity index (χ0n) is 9.40. The van der Waals surface area contributed by atoms with Gasteiger partial charge in [-0.2, -0.15) is 5.10 Å². The van der Waals surface area contributed by atoms with Crippen molar-refractivity contribution in [2.24, 2.45) is 0 Å². The van der Waals surface area contributed by atoms with Crippen molar-refractivity contribution < 1.29 is 9.90 Å². The minimum absolute atomic E-state index is 0.102. The van der Waals surface area contributed by atoms with Crippen molar-refractivity contribution in [1.82, 2.24) is 9.78 Å². The van der Waals surface area contributed by atoms with E-state index in [1.807, 2.05) is 32.0 Å². The smallest absolute Gasteiger partial charge is 0.305 e. The lowest BCUT2D eigenvalue weighted by molar-refractivity contribution is -0.137. The Balaban J connectivity index is 2.49. The molecule has 0 saturated carbocycles. The standard InChI is InChI=1S/C12H14N2O2/c1-8-4-3-5-10-9(2)13-14(12(8)10)7-6-11(15)16/h3-5H,6-7H2,1-2H3,(H,15,16). The third-order valence-corrected chi connectivity index (χ3v) is 2.69. The molecule has 1 aromatic heterocycles. The van der Waals surface area contributed by atoms with Crippen molar-refractivity contribution in [2.45, 2.75) is 26.8 Å². The summed E-state index contributed by atoms with van der Waals surface area (Å²) < 4.78 is 1.79. The Morgan fingerprint density at radius 1 is 1.44 bits per heavy atom. The number of carbonyl (C=O) groups is 1. The average Bonchev–Trinajstić information content (AvgIpc) is 2.55. The first-order valence-corrected chi connectivity index (χ1v) is 5.24. The largest absolute Gasteiger partial charge is 0.481 e. The zero-order valence-corrected chi connectivity index (χ0v) is 9.40. The van der Waals surface area contributed by atoms with Crippen LogP contribution in [0.5, 0.6) is 0 Å². The Kier molecular flexibility index (Phi) is 2.64. The van der Waals surface area contributed by atoms with Crippen molar-refractivity contribution in [2.75, 3.05) is 0 Å². The van der Waals surface area contributed by atoms with E-state index < -0.39 is 5.97 Å². The van der Waals surface area contributed by atoms with Crippen LogP contribution < -0.4 is 0 Å². The normalized spacial score (nSPS) is 10.9. The summed E-state index contributed by atoms with van der Waals surface area (Å²) in [7, 11) is 0. The molecule has 0 saturated heterocycles. The Morgan fingerprint density at radius 3 is 2.88 bits per heavy atom. The first-order valence-electron chi connectivity index (χ1n) is 5.24. The fraction of sp³-hybridized carbons (Fsp3) is 0.333. The molecule has 0 unspecified atom stereocenters. The third kappa shape index (κ3) is 1.78. The van der Waals surface area contributed by atoms with E-state index in [1.165, 1.54) is 0 Å². The molecule has 0 radical (unpaired) electrons. The number of carboxylic acid groups (broad SMARTS) is 1. The van der Waals surface area contributed by atoms with Gasteiger partial charge in [-0.15, -0.1) is 0 Å². The van der Waals surface area contributed by atoms with Crippen molar-refractivity contribution in [3.8, 4) is 0 Å². The van der Waals surface area contributed by atoms with Gasteiger partial charge in [0.25, 0.3) is 0 Å². The van der Waals surface area contributed by atoms with Crippen molar-refractivity contribution in [3.05, 3.63) is 29.5 Å². The van der Waals surface area contributed by atoms with E-state index in [0.717, 1.165) is 22.2 Å². The molecule has 2 aromatic rings. The molecule has 0 aliphatic carbocycles. The second kappa shape index (κ2) is 3.96. The minimum atomic E-state index is -0.796. The molecule has 16 heavy (non-hydrogen) atoms. The maximum atomic E-state index is 10.6. The summed E-state index contributed by atoms with van der Waals surface area (Å²) in [5.41, 5.74) is 3.12. The predicted octanol–water partition coefficient (Wildman–Crippen LogP) is 2.13. The topological polar surface area (TPSA) is 55.1 Å². The van der Waals surface area contributed by atoms with Gasteiger partial charge in [0.1, 0.15) is 0 Å². The summed E-state index contributed by atoms with van der Waals surface area (Å²) in [5, 5.41) is 14.2. The van der Waals surface area contributed by atoms with E-state index in [1.54, 1.807) is 4.68 Å². The van der Waals surface area contributed by atoms with Crippen LogP contribution >= 0.6 is 0 Å². The van der Waals surface area contributed by atoms with Crippen LogP contribution in [0.2, 0.25) is 0 Å². The van der Waals surface area contributed by atoms with E-state index in [2.05, 4.69) is 5.10 Å². The fourth-order valence-corrected chi connectivity index (χ4v) is 1.94. The molecule has 4 nitrogen and oxygen atoms in total. The number of aromatic nitrogens is 2. The quantitative estimate of drug-likeness (QED) is 0.858. The number of benzene rings is 1. The van der Waals surface area contributed by atoms with Gasteiger partial charge >= 0.3 is 5.97 Å². The Morgan fingerprint density at radius 2 is 2.19 bits per heavy atom. The van der Waals surface area contributed by atoms with Gasteiger partial charge in [0.05, 0.1) is 24.2 Å². The van der Waals surface area contributed by atoms with Crippen LogP contribution in [-0.2, 0) is 11.3 Å². The van der Waals surface area contributed by atoms with Gasteiger partial charge in [0, 0.05) is 5.39 Å². The van der Waals surface area contributed by atoms with Gasteiger partial charge in [0.2, 0.25) is 0 Å². The van der Waals surface area contributed by atoms with Crippen molar-refractivity contribution >= 4 is 16.9 Å². The molecule has 0 amide bonds. The summed E-state index contributed by atoms with van der Waals surface area (Å²) in [5.74, 6) is -0.796. The van der Waals surface area contributed by atoms with Crippen LogP contribution in [-0.4, -0.2) is 20.9 Å². The minimum Gasteiger partial charge on any atom is -0.481 e. The molecule has 0 atom stereocenters. The lowest BCUT2D eigenvalue weighted by Gasteiger charge is -2.03. The van der Waals surface area contributed by atoms with E-state index >= 15 is 0 Å². The molecule has 84 valence electrons. The Bertz CT molecular complexity index is 543. The highest BCUT2D eigenvalue weighted by molar-refractivity contribution is 5.84. The van der Waals surface area contributed by atoms with Crippen LogP contribution in [0.4, 0.5) is 0 Å². The fourth-order valence-electron chi connectivity index (χ4n) is 1.94. The summed E-state index contributed by atoms with van der Waals surface area (Å²) in [6.07, 6.45) is 0.102. The van der Waals surface area contributed by atoms with Crippen LogP contribution in [0.3, 0.4) is 0 Å². The number of rotatable bonds is 3. The van der Waals surface area contributed by atoms with Crippen molar-refractivity contribution in [3.63, 3.8) is 0 Å². The SMILES string of the molecule is Cc1nn(CCC(=O)O)c2c(C)cccc12. The number of para-hydroxylation sites is 1. The summed E-state index contributed by atoms with van der Waals surface area (Å²) in [6, 6.07) is 6.02. The Hall–Kier alpha value is -1.84. The molecule has 1 heterocycles. The first-order chi connectivity index (χ1) is 7.59. The second-order valence-electron chi connectivity index (χ2n) is 3.92. The number of aliphatic carboxylic acids is 1. The average molecular weight is 218 g/mol. The van der Waals surface area contributed by atoms with Crippen molar-refractivity contribution in [1.29, 1.82) is 0 Å². The van der Waals surface area contributed by atoms with Gasteiger partial charge in [-0.3, -0.25) is 9.48 Å². The number of fused-ring (bicyclic) bond motifs is 1. The third-order valence-electron chi connectivity index (χ3n) is 2.69. The molecule has 1 N–H and O–H groups in total. The molecule has 2 rings (SSSR count). The highest BCUT2D eigenvalue weighted by Crippen LogP contribution is 2.21. The van der Waals surface area contributed by atoms with Crippen LogP contribution in [0.1, 0.15) is 17.7 Å². The van der Waals surface area contributed by atoms with E-state index in [0.29, 0.717) is 6.54 Å². The van der Waals surface area contributed by atoms with E-state index in [4.69, 9.17) is 5.11 Å². The van der Waals surface area contributed by atoms with Crippen LogP contribution in [0.15, 0.2) is 18.2 Å². The van der Waals surface area contributed by atoms with Gasteiger partial charge < -0.3 is 5.11 Å². The van der Waals surface area contributed by atoms with Gasteiger partial charge in [0.15, 0.2) is 0 Å². The first kappa shape index (κ1) is 10.7. The molecule has 1 aromatic carbocycles. The lowest BCUT2D eigenvalue weighted by Crippen LogP contribution is -2.06. The monoisotopic (exact) mass is 218 g/mol. The summed E-state index contributed by atoms with van der Waals surface area (Å²) in [6.45, 7) is 4.38. The van der Waals surface area contributed by atoms with E-state index in [-0.39, 0.29) is 6.42 Å². The van der Waals surface area contributed by atoms with Gasteiger partial charge in [-0.1, -0.05) is 18.2 Å². The molecule has 0 bridgehead atoms. The number of nitrogens with zero attached hydrogens (tertiary/aromatic N) is 2. The number of carboxylic acids is 1. The number of hydrogen-bond acceptors (Lipinski definition) is 2. The molecule has 0 spiro atoms.